The summed E-state index contributed by atoms with van der Waals surface area (Å²) in [6.45, 7) is 2.11. The van der Waals surface area contributed by atoms with Crippen LogP contribution >= 0.6 is 0 Å². The van der Waals surface area contributed by atoms with E-state index >= 15 is 0 Å². The van der Waals surface area contributed by atoms with Crippen molar-refractivity contribution in [3.8, 4) is 0 Å². The van der Waals surface area contributed by atoms with E-state index in [4.69, 9.17) is 5.73 Å². The van der Waals surface area contributed by atoms with Crippen molar-refractivity contribution in [2.45, 2.75) is 31.7 Å². The van der Waals surface area contributed by atoms with E-state index in [0.717, 1.165) is 30.5 Å². The lowest BCUT2D eigenvalue weighted by Gasteiger charge is -2.19. The SMILES string of the molecule is CCC[C@@H](C(=O)NC[C@@H](N)c1ccc(F)cc1F)c1ccccc1. The molecule has 0 aliphatic heterocycles. The van der Waals surface area contributed by atoms with E-state index in [0.29, 0.717) is 0 Å². The number of benzene rings is 2. The van der Waals surface area contributed by atoms with Crippen LogP contribution in [0.15, 0.2) is 48.5 Å². The molecule has 0 heterocycles. The van der Waals surface area contributed by atoms with E-state index in [9.17, 15) is 13.6 Å². The predicted molar refractivity (Wildman–Crippen MR) is 90.4 cm³/mol. The van der Waals surface area contributed by atoms with E-state index in [1.807, 2.05) is 37.3 Å². The van der Waals surface area contributed by atoms with Crippen molar-refractivity contribution in [3.63, 3.8) is 0 Å². The molecule has 3 N–H and O–H groups in total. The molecule has 2 atom stereocenters. The molecule has 0 saturated carbocycles. The number of carbonyl (C=O) groups excluding carboxylic acids is 1. The highest BCUT2D eigenvalue weighted by Gasteiger charge is 2.21. The third kappa shape index (κ3) is 4.61. The van der Waals surface area contributed by atoms with Crippen LogP contribution in [0.4, 0.5) is 8.78 Å². The van der Waals surface area contributed by atoms with Gasteiger partial charge in [-0.15, -0.1) is 0 Å². The molecular formula is C19H22F2N2O. The van der Waals surface area contributed by atoms with Crippen molar-refractivity contribution < 1.29 is 13.6 Å². The molecule has 2 aromatic carbocycles. The predicted octanol–water partition coefficient (Wildman–Crippen LogP) is 3.66. The molecule has 0 aromatic heterocycles. The molecule has 0 saturated heterocycles. The van der Waals surface area contributed by atoms with Crippen molar-refractivity contribution in [1.29, 1.82) is 0 Å². The lowest BCUT2D eigenvalue weighted by Crippen LogP contribution is -2.35. The lowest BCUT2D eigenvalue weighted by molar-refractivity contribution is -0.122. The zero-order chi connectivity index (χ0) is 17.5. The van der Waals surface area contributed by atoms with Crippen molar-refractivity contribution >= 4 is 5.91 Å². The summed E-state index contributed by atoms with van der Waals surface area (Å²) in [4.78, 5) is 12.5. The summed E-state index contributed by atoms with van der Waals surface area (Å²) in [5, 5.41) is 2.78. The van der Waals surface area contributed by atoms with Gasteiger partial charge >= 0.3 is 0 Å². The summed E-state index contributed by atoms with van der Waals surface area (Å²) in [5.41, 5.74) is 7.06. The van der Waals surface area contributed by atoms with Gasteiger partial charge in [0, 0.05) is 18.2 Å². The van der Waals surface area contributed by atoms with Gasteiger partial charge in [0.25, 0.3) is 0 Å². The number of carbonyl (C=O) groups is 1. The third-order valence-corrected chi connectivity index (χ3v) is 3.95. The highest BCUT2D eigenvalue weighted by Crippen LogP contribution is 2.22. The van der Waals surface area contributed by atoms with Crippen molar-refractivity contribution in [2.75, 3.05) is 6.54 Å². The zero-order valence-electron chi connectivity index (χ0n) is 13.6. The minimum Gasteiger partial charge on any atom is -0.354 e. The van der Waals surface area contributed by atoms with Gasteiger partial charge in [0.1, 0.15) is 11.6 Å². The molecule has 3 nitrogen and oxygen atoms in total. The van der Waals surface area contributed by atoms with Crippen LogP contribution in [0.25, 0.3) is 0 Å². The zero-order valence-corrected chi connectivity index (χ0v) is 13.6. The van der Waals surface area contributed by atoms with Crippen LogP contribution in [0.3, 0.4) is 0 Å². The number of halogens is 2. The van der Waals surface area contributed by atoms with Gasteiger partial charge in [0.15, 0.2) is 0 Å². The van der Waals surface area contributed by atoms with Crippen LogP contribution in [0.2, 0.25) is 0 Å². The average molecular weight is 332 g/mol. The second-order valence-corrected chi connectivity index (χ2v) is 5.77. The first-order valence-electron chi connectivity index (χ1n) is 8.06. The van der Waals surface area contributed by atoms with Crippen molar-refractivity contribution in [3.05, 3.63) is 71.3 Å². The summed E-state index contributed by atoms with van der Waals surface area (Å²) in [6.07, 6.45) is 1.58. The maximum absolute atomic E-state index is 13.7. The normalized spacial score (nSPS) is 13.3. The number of amides is 1. The van der Waals surface area contributed by atoms with Crippen LogP contribution < -0.4 is 11.1 Å². The second kappa shape index (κ2) is 8.55. The first-order valence-corrected chi connectivity index (χ1v) is 8.06. The Morgan fingerprint density at radius 3 is 2.50 bits per heavy atom. The molecular weight excluding hydrogens is 310 g/mol. The Balaban J connectivity index is 2.02. The Morgan fingerprint density at radius 2 is 1.88 bits per heavy atom. The topological polar surface area (TPSA) is 55.1 Å². The van der Waals surface area contributed by atoms with Crippen LogP contribution in [0, 0.1) is 11.6 Å². The molecule has 128 valence electrons. The third-order valence-electron chi connectivity index (χ3n) is 3.95. The minimum atomic E-state index is -0.729. The molecule has 0 spiro atoms. The minimum absolute atomic E-state index is 0.0917. The monoisotopic (exact) mass is 332 g/mol. The molecule has 1 amide bonds. The van der Waals surface area contributed by atoms with E-state index in [1.165, 1.54) is 6.07 Å². The van der Waals surface area contributed by atoms with Gasteiger partial charge in [-0.3, -0.25) is 4.79 Å². The highest BCUT2D eigenvalue weighted by molar-refractivity contribution is 5.83. The molecule has 0 aliphatic rings. The summed E-state index contributed by atoms with van der Waals surface area (Å²) in [5.74, 6) is -1.76. The lowest BCUT2D eigenvalue weighted by atomic mass is 9.93. The Hall–Kier alpha value is -2.27. The molecule has 0 fully saturated rings. The number of nitrogens with two attached hydrogens (primary N) is 1. The van der Waals surface area contributed by atoms with Crippen molar-refractivity contribution in [2.24, 2.45) is 5.73 Å². The fourth-order valence-corrected chi connectivity index (χ4v) is 2.67. The quantitative estimate of drug-likeness (QED) is 0.813. The number of hydrogen-bond acceptors (Lipinski definition) is 2. The summed E-state index contributed by atoms with van der Waals surface area (Å²) in [7, 11) is 0. The molecule has 0 radical (unpaired) electrons. The maximum Gasteiger partial charge on any atom is 0.227 e. The Labute approximate surface area is 140 Å². The first-order chi connectivity index (χ1) is 11.5. The molecule has 0 bridgehead atoms. The number of rotatable bonds is 7. The summed E-state index contributed by atoms with van der Waals surface area (Å²) >= 11 is 0. The van der Waals surface area contributed by atoms with Gasteiger partial charge in [0.05, 0.1) is 12.0 Å². The first kappa shape index (κ1) is 18.1. The molecule has 0 unspecified atom stereocenters. The maximum atomic E-state index is 13.7. The Kier molecular flexibility index (Phi) is 6.44. The van der Waals surface area contributed by atoms with Crippen LogP contribution in [-0.4, -0.2) is 12.5 Å². The fraction of sp³-hybridized carbons (Fsp3) is 0.316. The van der Waals surface area contributed by atoms with Gasteiger partial charge in [-0.1, -0.05) is 49.7 Å². The molecule has 2 rings (SSSR count). The summed E-state index contributed by atoms with van der Waals surface area (Å²) < 4.78 is 26.7. The number of nitrogens with one attached hydrogen (secondary N) is 1. The molecule has 5 heteroatoms. The van der Waals surface area contributed by atoms with E-state index in [1.54, 1.807) is 0 Å². The Bertz CT molecular complexity index is 676. The van der Waals surface area contributed by atoms with E-state index < -0.39 is 17.7 Å². The largest absolute Gasteiger partial charge is 0.354 e. The fourth-order valence-electron chi connectivity index (χ4n) is 2.67. The molecule has 2 aromatic rings. The second-order valence-electron chi connectivity index (χ2n) is 5.77. The van der Waals surface area contributed by atoms with Gasteiger partial charge < -0.3 is 11.1 Å². The van der Waals surface area contributed by atoms with Gasteiger partial charge in [-0.2, -0.15) is 0 Å². The average Bonchev–Trinajstić information content (AvgIpc) is 2.58. The standard InChI is InChI=1S/C19H22F2N2O/c1-2-6-15(13-7-4-3-5-8-13)19(24)23-12-18(22)16-10-9-14(20)11-17(16)21/h3-5,7-11,15,18H,2,6,12,22H2,1H3,(H,23,24)/t15-,18-/m1/s1. The van der Waals surface area contributed by atoms with Crippen molar-refractivity contribution in [1.82, 2.24) is 5.32 Å². The smallest absolute Gasteiger partial charge is 0.227 e. The highest BCUT2D eigenvalue weighted by atomic mass is 19.1. The van der Waals surface area contributed by atoms with Gasteiger partial charge in [0.2, 0.25) is 5.91 Å². The summed E-state index contributed by atoms with van der Waals surface area (Å²) in [6, 6.07) is 12.0. The molecule has 0 aliphatic carbocycles. The van der Waals surface area contributed by atoms with Gasteiger partial charge in [-0.05, 0) is 18.1 Å². The molecule has 24 heavy (non-hydrogen) atoms. The van der Waals surface area contributed by atoms with Crippen LogP contribution in [0.1, 0.15) is 42.9 Å². The van der Waals surface area contributed by atoms with E-state index in [-0.39, 0.29) is 23.9 Å². The van der Waals surface area contributed by atoms with E-state index in [2.05, 4.69) is 5.32 Å². The number of hydrogen-bond donors (Lipinski definition) is 2. The van der Waals surface area contributed by atoms with Gasteiger partial charge in [-0.25, -0.2) is 8.78 Å². The van der Waals surface area contributed by atoms with Crippen LogP contribution in [-0.2, 0) is 4.79 Å². The Morgan fingerprint density at radius 1 is 1.17 bits per heavy atom. The van der Waals surface area contributed by atoms with Crippen LogP contribution in [0.5, 0.6) is 0 Å².